The summed E-state index contributed by atoms with van der Waals surface area (Å²) in [4.78, 5) is 29.0. The number of carbonyl (C=O) groups excluding carboxylic acids is 2. The Morgan fingerprint density at radius 1 is 0.974 bits per heavy atom. The van der Waals surface area contributed by atoms with Crippen molar-refractivity contribution in [2.75, 3.05) is 23.7 Å². The van der Waals surface area contributed by atoms with Gasteiger partial charge in [-0.25, -0.2) is 8.42 Å². The van der Waals surface area contributed by atoms with Crippen LogP contribution in [0.5, 0.6) is 0 Å². The molecule has 3 rings (SSSR count). The first-order chi connectivity index (χ1) is 18.6. The second kappa shape index (κ2) is 14.5. The highest BCUT2D eigenvalue weighted by molar-refractivity contribution is 9.10. The molecule has 39 heavy (non-hydrogen) atoms. The Bertz CT molecular complexity index is 1370. The maximum atomic E-state index is 14.0. The topological polar surface area (TPSA) is 86.8 Å². The van der Waals surface area contributed by atoms with Crippen molar-refractivity contribution in [3.05, 3.63) is 99.5 Å². The van der Waals surface area contributed by atoms with Gasteiger partial charge in [-0.15, -0.1) is 0 Å². The molecule has 0 aliphatic carbocycles. The van der Waals surface area contributed by atoms with Gasteiger partial charge in [0.2, 0.25) is 21.8 Å². The zero-order valence-electron chi connectivity index (χ0n) is 22.0. The van der Waals surface area contributed by atoms with Crippen LogP contribution in [0.15, 0.2) is 83.3 Å². The van der Waals surface area contributed by atoms with E-state index in [9.17, 15) is 18.0 Å². The predicted molar refractivity (Wildman–Crippen MR) is 160 cm³/mol. The minimum atomic E-state index is -3.84. The lowest BCUT2D eigenvalue weighted by atomic mass is 10.0. The molecule has 0 heterocycles. The molecule has 0 radical (unpaired) electrons. The second-order valence-electron chi connectivity index (χ2n) is 9.22. The van der Waals surface area contributed by atoms with Crippen molar-refractivity contribution >= 4 is 55.1 Å². The fourth-order valence-electron chi connectivity index (χ4n) is 4.14. The third kappa shape index (κ3) is 9.08. The Hall–Kier alpha value is -2.88. The lowest BCUT2D eigenvalue weighted by molar-refractivity contribution is -0.140. The van der Waals surface area contributed by atoms with E-state index in [-0.39, 0.29) is 18.9 Å². The van der Waals surface area contributed by atoms with E-state index < -0.39 is 28.5 Å². The number of carbonyl (C=O) groups is 2. The summed E-state index contributed by atoms with van der Waals surface area (Å²) in [5.74, 6) is -0.808. The standard InChI is InChI=1S/C29H33BrClN3O4S/c1-3-4-17-32-29(36)27(19-22-11-6-5-7-12-22)33(20-23-13-10-14-24(31)18-23)28(35)21-34(39(2,37)38)26-16-9-8-15-25(26)30/h5-16,18,27H,3-4,17,19-21H2,1-2H3,(H,32,36)/t27-/m1/s1. The van der Waals surface area contributed by atoms with E-state index in [1.54, 1.807) is 42.5 Å². The molecule has 2 amide bonds. The number of halogens is 2. The summed E-state index contributed by atoms with van der Waals surface area (Å²) < 4.78 is 27.3. The van der Waals surface area contributed by atoms with Crippen LogP contribution in [0, 0.1) is 0 Å². The molecule has 1 atom stereocenters. The molecule has 0 saturated carbocycles. The number of rotatable bonds is 13. The quantitative estimate of drug-likeness (QED) is 0.254. The number of hydrogen-bond acceptors (Lipinski definition) is 4. The maximum Gasteiger partial charge on any atom is 0.244 e. The SMILES string of the molecule is CCCCNC(=O)[C@@H](Cc1ccccc1)N(Cc1cccc(Cl)c1)C(=O)CN(c1ccccc1Br)S(C)(=O)=O. The number of sulfonamides is 1. The van der Waals surface area contributed by atoms with Gasteiger partial charge >= 0.3 is 0 Å². The molecule has 0 aromatic heterocycles. The van der Waals surface area contributed by atoms with Crippen molar-refractivity contribution in [2.45, 2.75) is 38.8 Å². The number of benzene rings is 3. The molecule has 0 aliphatic heterocycles. The monoisotopic (exact) mass is 633 g/mol. The van der Waals surface area contributed by atoms with Crippen LogP contribution >= 0.6 is 27.5 Å². The first kappa shape index (κ1) is 30.7. The zero-order chi connectivity index (χ0) is 28.4. The molecule has 3 aromatic carbocycles. The summed E-state index contributed by atoms with van der Waals surface area (Å²) in [6, 6.07) is 22.4. The lowest BCUT2D eigenvalue weighted by Crippen LogP contribution is -2.53. The highest BCUT2D eigenvalue weighted by atomic mass is 79.9. The molecule has 0 spiro atoms. The highest BCUT2D eigenvalue weighted by Crippen LogP contribution is 2.28. The van der Waals surface area contributed by atoms with Gasteiger partial charge in [-0.05, 0) is 57.7 Å². The minimum absolute atomic E-state index is 0.0751. The van der Waals surface area contributed by atoms with Crippen molar-refractivity contribution in [1.82, 2.24) is 10.2 Å². The Morgan fingerprint density at radius 2 is 1.64 bits per heavy atom. The van der Waals surface area contributed by atoms with E-state index in [1.807, 2.05) is 43.3 Å². The Morgan fingerprint density at radius 3 is 2.28 bits per heavy atom. The third-order valence-electron chi connectivity index (χ3n) is 6.14. The van der Waals surface area contributed by atoms with Gasteiger partial charge in [-0.1, -0.05) is 79.5 Å². The molecule has 0 unspecified atom stereocenters. The Kier molecular flexibility index (Phi) is 11.4. The van der Waals surface area contributed by atoms with Crippen molar-refractivity contribution in [2.24, 2.45) is 0 Å². The fraction of sp³-hybridized carbons (Fsp3) is 0.310. The molecule has 1 N–H and O–H groups in total. The van der Waals surface area contributed by atoms with Crippen molar-refractivity contribution < 1.29 is 18.0 Å². The maximum absolute atomic E-state index is 14.0. The molecule has 208 valence electrons. The predicted octanol–water partition coefficient (Wildman–Crippen LogP) is 5.42. The van der Waals surface area contributed by atoms with Gasteiger partial charge in [0, 0.05) is 29.0 Å². The highest BCUT2D eigenvalue weighted by Gasteiger charge is 2.33. The third-order valence-corrected chi connectivity index (χ3v) is 8.18. The molecule has 0 aliphatic rings. The molecule has 0 bridgehead atoms. The number of hydrogen-bond donors (Lipinski definition) is 1. The van der Waals surface area contributed by atoms with Crippen LogP contribution in [0.3, 0.4) is 0 Å². The average molecular weight is 635 g/mol. The largest absolute Gasteiger partial charge is 0.354 e. The summed E-state index contributed by atoms with van der Waals surface area (Å²) in [6.45, 7) is 2.11. The van der Waals surface area contributed by atoms with Crippen LogP contribution < -0.4 is 9.62 Å². The molecule has 10 heteroatoms. The zero-order valence-corrected chi connectivity index (χ0v) is 25.2. The number of para-hydroxylation sites is 1. The molecule has 3 aromatic rings. The van der Waals surface area contributed by atoms with Gasteiger partial charge in [-0.2, -0.15) is 0 Å². The Balaban J connectivity index is 2.04. The number of nitrogens with one attached hydrogen (secondary N) is 1. The van der Waals surface area contributed by atoms with Gasteiger partial charge in [0.05, 0.1) is 11.9 Å². The van der Waals surface area contributed by atoms with Crippen LogP contribution in [0.25, 0.3) is 0 Å². The Labute approximate surface area is 244 Å². The van der Waals surface area contributed by atoms with Crippen LogP contribution in [-0.4, -0.2) is 50.5 Å². The van der Waals surface area contributed by atoms with Crippen LogP contribution in [0.1, 0.15) is 30.9 Å². The van der Waals surface area contributed by atoms with Gasteiger partial charge in [0.1, 0.15) is 12.6 Å². The van der Waals surface area contributed by atoms with Gasteiger partial charge in [-0.3, -0.25) is 13.9 Å². The van der Waals surface area contributed by atoms with Gasteiger partial charge < -0.3 is 10.2 Å². The van der Waals surface area contributed by atoms with E-state index >= 15 is 0 Å². The summed E-state index contributed by atoms with van der Waals surface area (Å²) in [7, 11) is -3.84. The summed E-state index contributed by atoms with van der Waals surface area (Å²) >= 11 is 9.63. The molecule has 0 fully saturated rings. The lowest BCUT2D eigenvalue weighted by Gasteiger charge is -2.33. The van der Waals surface area contributed by atoms with E-state index in [0.717, 1.165) is 34.5 Å². The van der Waals surface area contributed by atoms with Crippen molar-refractivity contribution in [3.8, 4) is 0 Å². The summed E-state index contributed by atoms with van der Waals surface area (Å²) in [5.41, 5.74) is 1.94. The van der Waals surface area contributed by atoms with Crippen LogP contribution in [0.2, 0.25) is 5.02 Å². The molecule has 7 nitrogen and oxygen atoms in total. The van der Waals surface area contributed by atoms with Crippen molar-refractivity contribution in [1.29, 1.82) is 0 Å². The first-order valence-corrected chi connectivity index (χ1v) is 15.7. The smallest absolute Gasteiger partial charge is 0.244 e. The summed E-state index contributed by atoms with van der Waals surface area (Å²) in [5, 5.41) is 3.46. The molecular weight excluding hydrogens is 602 g/mol. The van der Waals surface area contributed by atoms with E-state index in [2.05, 4.69) is 21.2 Å². The van der Waals surface area contributed by atoms with E-state index in [4.69, 9.17) is 11.6 Å². The number of anilines is 1. The fourth-order valence-corrected chi connectivity index (χ4v) is 5.83. The van der Waals surface area contributed by atoms with Crippen LogP contribution in [-0.2, 0) is 32.6 Å². The normalized spacial score (nSPS) is 12.0. The molecular formula is C29H33BrClN3O4S. The number of nitrogens with zero attached hydrogens (tertiary/aromatic N) is 2. The first-order valence-electron chi connectivity index (χ1n) is 12.7. The summed E-state index contributed by atoms with van der Waals surface area (Å²) in [6.07, 6.45) is 3.03. The molecule has 0 saturated heterocycles. The number of unbranched alkanes of at least 4 members (excludes halogenated alkanes) is 1. The van der Waals surface area contributed by atoms with Gasteiger partial charge in [0.25, 0.3) is 0 Å². The number of amides is 2. The minimum Gasteiger partial charge on any atom is -0.354 e. The van der Waals surface area contributed by atoms with E-state index in [1.165, 1.54) is 4.90 Å². The van der Waals surface area contributed by atoms with Gasteiger partial charge in [0.15, 0.2) is 0 Å². The average Bonchev–Trinajstić information content (AvgIpc) is 2.90. The van der Waals surface area contributed by atoms with Crippen molar-refractivity contribution in [3.63, 3.8) is 0 Å². The van der Waals surface area contributed by atoms with Crippen LogP contribution in [0.4, 0.5) is 5.69 Å². The van der Waals surface area contributed by atoms with E-state index in [0.29, 0.717) is 21.7 Å². The second-order valence-corrected chi connectivity index (χ2v) is 12.4.